The Balaban J connectivity index is 1.99. The van der Waals surface area contributed by atoms with E-state index >= 15 is 0 Å². The largest absolute Gasteiger partial charge is 0.477 e. The van der Waals surface area contributed by atoms with Crippen LogP contribution in [0.25, 0.3) is 0 Å². The number of amides is 1. The van der Waals surface area contributed by atoms with E-state index in [4.69, 9.17) is 5.11 Å². The first-order valence-corrected chi connectivity index (χ1v) is 6.27. The van der Waals surface area contributed by atoms with Crippen molar-refractivity contribution in [2.45, 2.75) is 25.3 Å². The smallest absolute Gasteiger partial charge is 0.345 e. The highest BCUT2D eigenvalue weighted by atomic mass is 32.1. The van der Waals surface area contributed by atoms with Gasteiger partial charge < -0.3 is 10.4 Å². The van der Waals surface area contributed by atoms with Crippen LogP contribution in [0.2, 0.25) is 0 Å². The third kappa shape index (κ3) is 2.94. The summed E-state index contributed by atoms with van der Waals surface area (Å²) in [4.78, 5) is 23.2. The van der Waals surface area contributed by atoms with Crippen LogP contribution in [0.5, 0.6) is 0 Å². The second-order valence-corrected chi connectivity index (χ2v) is 5.01. The summed E-state index contributed by atoms with van der Waals surface area (Å²) in [5.41, 5.74) is 0. The molecular weight excluding hydrogens is 238 g/mol. The van der Waals surface area contributed by atoms with Crippen molar-refractivity contribution in [1.29, 1.82) is 0 Å². The molecule has 2 rings (SSSR count). The van der Waals surface area contributed by atoms with E-state index in [1.54, 1.807) is 6.07 Å². The quantitative estimate of drug-likeness (QED) is 0.810. The summed E-state index contributed by atoms with van der Waals surface area (Å²) < 4.78 is 0. The van der Waals surface area contributed by atoms with Gasteiger partial charge in [0.1, 0.15) is 4.88 Å². The Kier molecular flexibility index (Phi) is 3.58. The molecule has 5 heteroatoms. The lowest BCUT2D eigenvalue weighted by atomic mass is 10.0. The minimum absolute atomic E-state index is 0.169. The van der Waals surface area contributed by atoms with Crippen molar-refractivity contribution >= 4 is 23.2 Å². The number of carbonyl (C=O) groups excluding carboxylic acids is 1. The Hall–Kier alpha value is -1.62. The molecule has 1 atom stereocenters. The highest BCUT2D eigenvalue weighted by Gasteiger charge is 2.17. The third-order valence-corrected chi connectivity index (χ3v) is 3.72. The van der Waals surface area contributed by atoms with Crippen LogP contribution < -0.4 is 5.32 Å². The van der Waals surface area contributed by atoms with Crippen LogP contribution in [0.3, 0.4) is 0 Å². The molecule has 0 fully saturated rings. The number of hydrogen-bond donors (Lipinski definition) is 2. The van der Waals surface area contributed by atoms with E-state index in [9.17, 15) is 9.59 Å². The van der Waals surface area contributed by atoms with Crippen LogP contribution in [0, 0.1) is 0 Å². The molecule has 1 amide bonds. The van der Waals surface area contributed by atoms with Gasteiger partial charge in [-0.3, -0.25) is 4.79 Å². The fourth-order valence-electron chi connectivity index (χ4n) is 1.76. The molecule has 0 aromatic carbocycles. The van der Waals surface area contributed by atoms with Crippen LogP contribution in [0.15, 0.2) is 24.3 Å². The van der Waals surface area contributed by atoms with Crippen molar-refractivity contribution in [1.82, 2.24) is 5.32 Å². The SMILES string of the molecule is O=C(O)c1ccc(C(=O)N[C@@H]2CC=CCC2)s1. The summed E-state index contributed by atoms with van der Waals surface area (Å²) in [6.45, 7) is 0. The number of thiophene rings is 1. The highest BCUT2D eigenvalue weighted by Crippen LogP contribution is 2.17. The van der Waals surface area contributed by atoms with E-state index in [2.05, 4.69) is 17.5 Å². The third-order valence-electron chi connectivity index (χ3n) is 2.64. The molecule has 0 bridgehead atoms. The zero-order chi connectivity index (χ0) is 12.3. The molecule has 2 N–H and O–H groups in total. The molecular formula is C12H13NO3S. The van der Waals surface area contributed by atoms with Gasteiger partial charge in [-0.1, -0.05) is 12.2 Å². The van der Waals surface area contributed by atoms with Crippen molar-refractivity contribution in [3.8, 4) is 0 Å². The molecule has 1 aliphatic carbocycles. The van der Waals surface area contributed by atoms with Crippen LogP contribution in [-0.4, -0.2) is 23.0 Å². The van der Waals surface area contributed by atoms with E-state index in [1.165, 1.54) is 6.07 Å². The van der Waals surface area contributed by atoms with Gasteiger partial charge in [0.15, 0.2) is 0 Å². The first-order chi connectivity index (χ1) is 8.16. The average molecular weight is 251 g/mol. The highest BCUT2D eigenvalue weighted by molar-refractivity contribution is 7.15. The van der Waals surface area contributed by atoms with Crippen molar-refractivity contribution in [3.63, 3.8) is 0 Å². The summed E-state index contributed by atoms with van der Waals surface area (Å²) in [5.74, 6) is -1.17. The summed E-state index contributed by atoms with van der Waals surface area (Å²) in [6.07, 6.45) is 6.94. The summed E-state index contributed by atoms with van der Waals surface area (Å²) >= 11 is 1.01. The number of allylic oxidation sites excluding steroid dienone is 1. The molecule has 4 nitrogen and oxygen atoms in total. The number of carboxylic acids is 1. The monoisotopic (exact) mass is 251 g/mol. The molecule has 1 aliphatic rings. The van der Waals surface area contributed by atoms with Gasteiger partial charge in [0.25, 0.3) is 5.91 Å². The molecule has 1 heterocycles. The maximum absolute atomic E-state index is 11.8. The molecule has 0 spiro atoms. The van der Waals surface area contributed by atoms with Crippen LogP contribution >= 0.6 is 11.3 Å². The second-order valence-electron chi connectivity index (χ2n) is 3.92. The van der Waals surface area contributed by atoms with Gasteiger partial charge in [0.2, 0.25) is 0 Å². The minimum Gasteiger partial charge on any atom is -0.477 e. The first kappa shape index (κ1) is 11.9. The van der Waals surface area contributed by atoms with Gasteiger partial charge >= 0.3 is 5.97 Å². The molecule has 0 unspecified atom stereocenters. The Bertz CT molecular complexity index is 464. The predicted octanol–water partition coefficient (Wildman–Crippen LogP) is 2.28. The zero-order valence-corrected chi connectivity index (χ0v) is 10.00. The van der Waals surface area contributed by atoms with Gasteiger partial charge in [0, 0.05) is 6.04 Å². The number of aromatic carboxylic acids is 1. The van der Waals surface area contributed by atoms with Crippen molar-refractivity contribution in [3.05, 3.63) is 34.0 Å². The van der Waals surface area contributed by atoms with Crippen molar-refractivity contribution in [2.75, 3.05) is 0 Å². The van der Waals surface area contributed by atoms with Gasteiger partial charge in [-0.05, 0) is 31.4 Å². The van der Waals surface area contributed by atoms with Gasteiger partial charge in [-0.15, -0.1) is 11.3 Å². The number of rotatable bonds is 3. The fraction of sp³-hybridized carbons (Fsp3) is 0.333. The molecule has 1 aromatic heterocycles. The Morgan fingerprint density at radius 2 is 2.06 bits per heavy atom. The topological polar surface area (TPSA) is 66.4 Å². The zero-order valence-electron chi connectivity index (χ0n) is 9.18. The maximum atomic E-state index is 11.8. The van der Waals surface area contributed by atoms with E-state index < -0.39 is 5.97 Å². The molecule has 90 valence electrons. The minimum atomic E-state index is -0.991. The molecule has 0 aliphatic heterocycles. The second kappa shape index (κ2) is 5.14. The lowest BCUT2D eigenvalue weighted by molar-refractivity contribution is 0.0702. The lowest BCUT2D eigenvalue weighted by Gasteiger charge is -2.18. The Morgan fingerprint density at radius 3 is 2.65 bits per heavy atom. The summed E-state index contributed by atoms with van der Waals surface area (Å²) in [7, 11) is 0. The first-order valence-electron chi connectivity index (χ1n) is 5.46. The number of nitrogens with one attached hydrogen (secondary N) is 1. The molecule has 0 radical (unpaired) electrons. The predicted molar refractivity (Wildman–Crippen MR) is 65.5 cm³/mol. The van der Waals surface area contributed by atoms with E-state index in [0.717, 1.165) is 30.6 Å². The summed E-state index contributed by atoms with van der Waals surface area (Å²) in [6, 6.07) is 3.19. The van der Waals surface area contributed by atoms with Crippen LogP contribution in [-0.2, 0) is 0 Å². The number of carbonyl (C=O) groups is 2. The molecule has 17 heavy (non-hydrogen) atoms. The van der Waals surface area contributed by atoms with E-state index in [0.29, 0.717) is 4.88 Å². The molecule has 0 saturated carbocycles. The van der Waals surface area contributed by atoms with E-state index in [1.807, 2.05) is 0 Å². The normalized spacial score (nSPS) is 18.9. The fourth-order valence-corrected chi connectivity index (χ4v) is 2.50. The van der Waals surface area contributed by atoms with Crippen molar-refractivity contribution < 1.29 is 14.7 Å². The standard InChI is InChI=1S/C12H13NO3S/c14-11(13-8-4-2-1-3-5-8)9-6-7-10(17-9)12(15)16/h1-2,6-8H,3-5H2,(H,13,14)(H,15,16)/t8-/m1/s1. The summed E-state index contributed by atoms with van der Waals surface area (Å²) in [5, 5.41) is 11.7. The van der Waals surface area contributed by atoms with Gasteiger partial charge in [0.05, 0.1) is 4.88 Å². The molecule has 0 saturated heterocycles. The Labute approximate surface area is 103 Å². The average Bonchev–Trinajstić information content (AvgIpc) is 2.79. The number of hydrogen-bond acceptors (Lipinski definition) is 3. The molecule has 1 aromatic rings. The van der Waals surface area contributed by atoms with Gasteiger partial charge in [-0.2, -0.15) is 0 Å². The Morgan fingerprint density at radius 1 is 1.29 bits per heavy atom. The van der Waals surface area contributed by atoms with Crippen LogP contribution in [0.4, 0.5) is 0 Å². The van der Waals surface area contributed by atoms with Gasteiger partial charge in [-0.25, -0.2) is 4.79 Å². The van der Waals surface area contributed by atoms with Crippen molar-refractivity contribution in [2.24, 2.45) is 0 Å². The lowest BCUT2D eigenvalue weighted by Crippen LogP contribution is -2.34. The van der Waals surface area contributed by atoms with Crippen LogP contribution in [0.1, 0.15) is 38.6 Å². The maximum Gasteiger partial charge on any atom is 0.345 e. The number of carboxylic acid groups (broad SMARTS) is 1. The van der Waals surface area contributed by atoms with E-state index in [-0.39, 0.29) is 16.8 Å².